The lowest BCUT2D eigenvalue weighted by Crippen LogP contribution is -2.37. The van der Waals surface area contributed by atoms with Gasteiger partial charge in [0.15, 0.2) is 23.6 Å². The number of hydrogen-bond donors (Lipinski definition) is 2. The first-order chi connectivity index (χ1) is 9.04. The highest BCUT2D eigenvalue weighted by molar-refractivity contribution is 6.05. The van der Waals surface area contributed by atoms with E-state index in [2.05, 4.69) is 15.6 Å². The summed E-state index contributed by atoms with van der Waals surface area (Å²) in [5, 5.41) is 5.41. The van der Waals surface area contributed by atoms with Gasteiger partial charge in [0.05, 0.1) is 0 Å². The topological polar surface area (TPSA) is 53.5 Å². The Morgan fingerprint density at radius 3 is 2.53 bits per heavy atom. The molecule has 1 aliphatic heterocycles. The summed E-state index contributed by atoms with van der Waals surface area (Å²) in [4.78, 5) is 15.7. The highest BCUT2D eigenvalue weighted by Gasteiger charge is 2.33. The quantitative estimate of drug-likeness (QED) is 0.797. The van der Waals surface area contributed by atoms with Gasteiger partial charge in [-0.25, -0.2) is 18.2 Å². The zero-order valence-electron chi connectivity index (χ0n) is 9.71. The molecule has 1 saturated carbocycles. The number of nitrogens with zero attached hydrogens (tertiary/aromatic N) is 1. The Kier molecular flexibility index (Phi) is 2.69. The molecule has 1 aliphatic carbocycles. The van der Waals surface area contributed by atoms with Crippen molar-refractivity contribution in [1.82, 2.24) is 10.6 Å². The first-order valence-corrected chi connectivity index (χ1v) is 5.84. The molecule has 1 unspecified atom stereocenters. The second-order valence-electron chi connectivity index (χ2n) is 4.58. The SMILES string of the molecule is O=C1NC(NC2CC2)=NC1c1cc(F)c(F)cc1F. The summed E-state index contributed by atoms with van der Waals surface area (Å²) in [5.74, 6) is -3.80. The molecule has 2 aliphatic rings. The number of nitrogens with one attached hydrogen (secondary N) is 2. The summed E-state index contributed by atoms with van der Waals surface area (Å²) in [6.07, 6.45) is 1.97. The van der Waals surface area contributed by atoms with Crippen LogP contribution in [-0.2, 0) is 4.79 Å². The van der Waals surface area contributed by atoms with Crippen molar-refractivity contribution in [3.8, 4) is 0 Å². The van der Waals surface area contributed by atoms with Gasteiger partial charge in [-0.1, -0.05) is 0 Å². The van der Waals surface area contributed by atoms with Crippen molar-refractivity contribution >= 4 is 11.9 Å². The lowest BCUT2D eigenvalue weighted by atomic mass is 10.1. The molecule has 3 rings (SSSR count). The number of carbonyl (C=O) groups is 1. The first kappa shape index (κ1) is 12.0. The van der Waals surface area contributed by atoms with Crippen LogP contribution in [0.2, 0.25) is 0 Å². The van der Waals surface area contributed by atoms with Crippen LogP contribution in [-0.4, -0.2) is 17.9 Å². The molecule has 1 aromatic carbocycles. The van der Waals surface area contributed by atoms with Crippen molar-refractivity contribution in [1.29, 1.82) is 0 Å². The lowest BCUT2D eigenvalue weighted by Gasteiger charge is -2.06. The van der Waals surface area contributed by atoms with Crippen LogP contribution in [0.3, 0.4) is 0 Å². The van der Waals surface area contributed by atoms with Gasteiger partial charge in [0.2, 0.25) is 0 Å². The molecular weight excluding hydrogens is 259 g/mol. The zero-order chi connectivity index (χ0) is 13.6. The molecule has 0 saturated heterocycles. The molecule has 1 heterocycles. The summed E-state index contributed by atoms with van der Waals surface area (Å²) >= 11 is 0. The van der Waals surface area contributed by atoms with Gasteiger partial charge in [-0.15, -0.1) is 0 Å². The van der Waals surface area contributed by atoms with Crippen LogP contribution >= 0.6 is 0 Å². The van der Waals surface area contributed by atoms with E-state index in [1.165, 1.54) is 0 Å². The average molecular weight is 269 g/mol. The number of guanidine groups is 1. The van der Waals surface area contributed by atoms with Gasteiger partial charge in [-0.05, 0) is 18.9 Å². The highest BCUT2D eigenvalue weighted by Crippen LogP contribution is 2.27. The second kappa shape index (κ2) is 4.25. The van der Waals surface area contributed by atoms with E-state index in [1.807, 2.05) is 0 Å². The number of benzene rings is 1. The Morgan fingerprint density at radius 2 is 1.84 bits per heavy atom. The van der Waals surface area contributed by atoms with Gasteiger partial charge in [0.25, 0.3) is 5.91 Å². The van der Waals surface area contributed by atoms with Gasteiger partial charge < -0.3 is 5.32 Å². The van der Waals surface area contributed by atoms with Crippen LogP contribution < -0.4 is 10.6 Å². The molecule has 1 atom stereocenters. The number of aliphatic imine (C=N–C) groups is 1. The van der Waals surface area contributed by atoms with Gasteiger partial charge in [-0.2, -0.15) is 0 Å². The van der Waals surface area contributed by atoms with E-state index in [0.29, 0.717) is 12.1 Å². The van der Waals surface area contributed by atoms with Crippen molar-refractivity contribution in [3.63, 3.8) is 0 Å². The molecule has 7 heteroatoms. The smallest absolute Gasteiger partial charge is 0.256 e. The van der Waals surface area contributed by atoms with Crippen molar-refractivity contribution in [3.05, 3.63) is 35.1 Å². The maximum Gasteiger partial charge on any atom is 0.256 e. The summed E-state index contributed by atoms with van der Waals surface area (Å²) in [6, 6.07) is 0.169. The van der Waals surface area contributed by atoms with E-state index in [1.54, 1.807) is 0 Å². The van der Waals surface area contributed by atoms with Crippen molar-refractivity contribution in [2.75, 3.05) is 0 Å². The number of amides is 1. The minimum atomic E-state index is -1.29. The van der Waals surface area contributed by atoms with Gasteiger partial charge in [-0.3, -0.25) is 10.1 Å². The third-order valence-corrected chi connectivity index (χ3v) is 3.00. The van der Waals surface area contributed by atoms with Crippen LogP contribution in [0.25, 0.3) is 0 Å². The normalized spacial score (nSPS) is 22.2. The molecule has 1 fully saturated rings. The third-order valence-electron chi connectivity index (χ3n) is 3.00. The number of hydrogen-bond acceptors (Lipinski definition) is 3. The number of carbonyl (C=O) groups excluding carboxylic acids is 1. The lowest BCUT2D eigenvalue weighted by molar-refractivity contribution is -0.120. The molecule has 19 heavy (non-hydrogen) atoms. The minimum Gasteiger partial charge on any atom is -0.353 e. The van der Waals surface area contributed by atoms with Gasteiger partial charge >= 0.3 is 0 Å². The molecule has 0 aromatic heterocycles. The van der Waals surface area contributed by atoms with Crippen LogP contribution in [0, 0.1) is 17.5 Å². The maximum absolute atomic E-state index is 13.6. The fourth-order valence-electron chi connectivity index (χ4n) is 1.86. The molecule has 0 spiro atoms. The summed E-state index contributed by atoms with van der Waals surface area (Å²) in [5.41, 5.74) is -0.274. The van der Waals surface area contributed by atoms with Gasteiger partial charge in [0, 0.05) is 17.7 Å². The number of halogens is 3. The third kappa shape index (κ3) is 2.27. The zero-order valence-corrected chi connectivity index (χ0v) is 9.71. The fraction of sp³-hybridized carbons (Fsp3) is 0.333. The predicted octanol–water partition coefficient (Wildman–Crippen LogP) is 1.38. The van der Waals surface area contributed by atoms with Crippen molar-refractivity contribution in [2.45, 2.75) is 24.9 Å². The molecule has 1 amide bonds. The first-order valence-electron chi connectivity index (χ1n) is 5.84. The van der Waals surface area contributed by atoms with Crippen molar-refractivity contribution < 1.29 is 18.0 Å². The largest absolute Gasteiger partial charge is 0.353 e. The van der Waals surface area contributed by atoms with Crippen LogP contribution in [0.4, 0.5) is 13.2 Å². The standard InChI is InChI=1S/C12H10F3N3O/c13-7-4-9(15)8(14)3-6(7)10-11(19)18-12(17-10)16-5-1-2-5/h3-5,10H,1-2H2,(H2,16,17,18,19). The molecule has 100 valence electrons. The van der Waals surface area contributed by atoms with Crippen LogP contribution in [0.1, 0.15) is 24.4 Å². The fourth-order valence-corrected chi connectivity index (χ4v) is 1.86. The predicted molar refractivity (Wildman–Crippen MR) is 60.8 cm³/mol. The summed E-state index contributed by atoms with van der Waals surface area (Å²) in [7, 11) is 0. The van der Waals surface area contributed by atoms with Crippen LogP contribution in [0.15, 0.2) is 17.1 Å². The van der Waals surface area contributed by atoms with E-state index >= 15 is 0 Å². The monoisotopic (exact) mass is 269 g/mol. The van der Waals surface area contributed by atoms with E-state index < -0.39 is 29.4 Å². The molecular formula is C12H10F3N3O. The molecule has 0 bridgehead atoms. The van der Waals surface area contributed by atoms with E-state index in [0.717, 1.165) is 12.8 Å². The Labute approximate surface area is 106 Å². The van der Waals surface area contributed by atoms with E-state index in [9.17, 15) is 18.0 Å². The molecule has 2 N–H and O–H groups in total. The van der Waals surface area contributed by atoms with Crippen molar-refractivity contribution in [2.24, 2.45) is 4.99 Å². The van der Waals surface area contributed by atoms with E-state index in [-0.39, 0.29) is 17.6 Å². The highest BCUT2D eigenvalue weighted by atomic mass is 19.2. The molecule has 1 aromatic rings. The Morgan fingerprint density at radius 1 is 1.16 bits per heavy atom. The summed E-state index contributed by atoms with van der Waals surface area (Å²) in [6.45, 7) is 0. The Hall–Kier alpha value is -2.05. The molecule has 4 nitrogen and oxygen atoms in total. The maximum atomic E-state index is 13.6. The minimum absolute atomic E-state index is 0.252. The molecule has 0 radical (unpaired) electrons. The average Bonchev–Trinajstić information content (AvgIpc) is 3.07. The number of rotatable bonds is 2. The summed E-state index contributed by atoms with van der Waals surface area (Å²) < 4.78 is 39.5. The Balaban J connectivity index is 1.90. The van der Waals surface area contributed by atoms with Gasteiger partial charge in [0.1, 0.15) is 5.82 Å². The van der Waals surface area contributed by atoms with Crippen LogP contribution in [0.5, 0.6) is 0 Å². The Bertz CT molecular complexity index is 584. The second-order valence-corrected chi connectivity index (χ2v) is 4.58. The van der Waals surface area contributed by atoms with E-state index in [4.69, 9.17) is 0 Å².